The van der Waals surface area contributed by atoms with E-state index in [1.807, 2.05) is 13.8 Å². The van der Waals surface area contributed by atoms with Crippen LogP contribution >= 0.6 is 0 Å². The second-order valence-electron chi connectivity index (χ2n) is 6.25. The molecule has 0 rings (SSSR count). The minimum absolute atomic E-state index is 0.0154. The van der Waals surface area contributed by atoms with Gasteiger partial charge in [-0.25, -0.2) is 0 Å². The quantitative estimate of drug-likeness (QED) is 0.300. The van der Waals surface area contributed by atoms with Gasteiger partial charge in [0.25, 0.3) is 0 Å². The normalized spacial score (nSPS) is 15.2. The van der Waals surface area contributed by atoms with Crippen LogP contribution < -0.4 is 11.1 Å². The molecular formula is C14H29N3O2. The maximum atomic E-state index is 12.4. The molecule has 5 nitrogen and oxygen atoms in total. The monoisotopic (exact) mass is 271 g/mol. The van der Waals surface area contributed by atoms with E-state index < -0.39 is 5.41 Å². The molecule has 0 bridgehead atoms. The first-order valence-electron chi connectivity index (χ1n) is 6.92. The molecule has 0 radical (unpaired) electrons. The lowest BCUT2D eigenvalue weighted by Gasteiger charge is -2.32. The number of nitrogens with two attached hydrogens (primary N) is 1. The number of hydrogen-bond donors (Lipinski definition) is 3. The van der Waals surface area contributed by atoms with E-state index in [9.17, 15) is 4.79 Å². The van der Waals surface area contributed by atoms with Crippen molar-refractivity contribution < 1.29 is 10.0 Å². The van der Waals surface area contributed by atoms with Gasteiger partial charge < -0.3 is 16.3 Å². The summed E-state index contributed by atoms with van der Waals surface area (Å²) < 4.78 is 0. The van der Waals surface area contributed by atoms with E-state index in [1.165, 1.54) is 0 Å². The molecule has 0 aromatic rings. The van der Waals surface area contributed by atoms with Gasteiger partial charge in [-0.1, -0.05) is 46.7 Å². The lowest BCUT2D eigenvalue weighted by atomic mass is 9.79. The molecule has 0 fully saturated rings. The second-order valence-corrected chi connectivity index (χ2v) is 6.25. The molecule has 5 heteroatoms. The van der Waals surface area contributed by atoms with Crippen molar-refractivity contribution in [2.45, 2.75) is 54.4 Å². The fourth-order valence-electron chi connectivity index (χ4n) is 1.87. The molecule has 0 aromatic carbocycles. The zero-order valence-electron chi connectivity index (χ0n) is 13.1. The zero-order valence-corrected chi connectivity index (χ0v) is 13.1. The SMILES string of the molecule is CCC(CC)(C(=O)NCC(C)C(C)(C)C)C(N)=NO. The highest BCUT2D eigenvalue weighted by atomic mass is 16.4. The predicted molar refractivity (Wildman–Crippen MR) is 78.1 cm³/mol. The summed E-state index contributed by atoms with van der Waals surface area (Å²) in [5, 5.41) is 14.8. The molecular weight excluding hydrogens is 242 g/mol. The average molecular weight is 271 g/mol. The summed E-state index contributed by atoms with van der Waals surface area (Å²) in [6, 6.07) is 0. The van der Waals surface area contributed by atoms with Gasteiger partial charge >= 0.3 is 0 Å². The van der Waals surface area contributed by atoms with Gasteiger partial charge in [-0.3, -0.25) is 4.79 Å². The van der Waals surface area contributed by atoms with Crippen LogP contribution in [0.1, 0.15) is 54.4 Å². The number of carbonyl (C=O) groups is 1. The van der Waals surface area contributed by atoms with E-state index in [0.717, 1.165) is 0 Å². The third-order valence-corrected chi connectivity index (χ3v) is 4.29. The summed E-state index contributed by atoms with van der Waals surface area (Å²) in [4.78, 5) is 12.4. The molecule has 0 spiro atoms. The molecule has 112 valence electrons. The van der Waals surface area contributed by atoms with Crippen LogP contribution in [0.3, 0.4) is 0 Å². The first kappa shape index (κ1) is 17.7. The average Bonchev–Trinajstić information content (AvgIpc) is 2.36. The highest BCUT2D eigenvalue weighted by Crippen LogP contribution is 2.28. The fourth-order valence-corrected chi connectivity index (χ4v) is 1.87. The van der Waals surface area contributed by atoms with Crippen molar-refractivity contribution in [1.82, 2.24) is 5.32 Å². The van der Waals surface area contributed by atoms with Gasteiger partial charge in [0.15, 0.2) is 5.84 Å². The maximum Gasteiger partial charge on any atom is 0.233 e. The van der Waals surface area contributed by atoms with Crippen molar-refractivity contribution in [2.24, 2.45) is 27.6 Å². The van der Waals surface area contributed by atoms with Crippen LogP contribution in [0.15, 0.2) is 5.16 Å². The predicted octanol–water partition coefficient (Wildman–Crippen LogP) is 2.34. The smallest absolute Gasteiger partial charge is 0.233 e. The van der Waals surface area contributed by atoms with Crippen LogP contribution in [0.25, 0.3) is 0 Å². The Kier molecular flexibility index (Phi) is 6.33. The molecule has 1 amide bonds. The lowest BCUT2D eigenvalue weighted by molar-refractivity contribution is -0.128. The number of amides is 1. The zero-order chi connectivity index (χ0) is 15.3. The van der Waals surface area contributed by atoms with Crippen LogP contribution in [-0.4, -0.2) is 23.5 Å². The van der Waals surface area contributed by atoms with Gasteiger partial charge in [0.05, 0.1) is 0 Å². The molecule has 0 aliphatic heterocycles. The number of nitrogens with one attached hydrogen (secondary N) is 1. The van der Waals surface area contributed by atoms with Gasteiger partial charge in [-0.15, -0.1) is 0 Å². The third-order valence-electron chi connectivity index (χ3n) is 4.29. The van der Waals surface area contributed by atoms with Crippen LogP contribution in [0.2, 0.25) is 0 Å². The number of hydrogen-bond acceptors (Lipinski definition) is 3. The molecule has 1 unspecified atom stereocenters. The molecule has 4 N–H and O–H groups in total. The van der Waals surface area contributed by atoms with E-state index in [4.69, 9.17) is 10.9 Å². The molecule has 1 atom stereocenters. The van der Waals surface area contributed by atoms with E-state index in [0.29, 0.717) is 25.3 Å². The minimum Gasteiger partial charge on any atom is -0.409 e. The van der Waals surface area contributed by atoms with Gasteiger partial charge in [0.2, 0.25) is 5.91 Å². The van der Waals surface area contributed by atoms with Gasteiger partial charge in [-0.05, 0) is 24.2 Å². The van der Waals surface area contributed by atoms with Crippen LogP contribution in [-0.2, 0) is 4.79 Å². The Hall–Kier alpha value is -1.26. The van der Waals surface area contributed by atoms with Crippen LogP contribution in [0.5, 0.6) is 0 Å². The third kappa shape index (κ3) is 4.11. The Balaban J connectivity index is 4.88. The Labute approximate surface area is 116 Å². The van der Waals surface area contributed by atoms with Crippen molar-refractivity contribution in [3.05, 3.63) is 0 Å². The number of nitrogens with zero attached hydrogens (tertiary/aromatic N) is 1. The van der Waals surface area contributed by atoms with Gasteiger partial charge in [0.1, 0.15) is 5.41 Å². The number of oxime groups is 1. The van der Waals surface area contributed by atoms with Crippen molar-refractivity contribution in [2.75, 3.05) is 6.54 Å². The molecule has 0 aromatic heterocycles. The van der Waals surface area contributed by atoms with Crippen molar-refractivity contribution >= 4 is 11.7 Å². The summed E-state index contributed by atoms with van der Waals surface area (Å²) in [7, 11) is 0. The van der Waals surface area contributed by atoms with Crippen molar-refractivity contribution in [3.8, 4) is 0 Å². The summed E-state index contributed by atoms with van der Waals surface area (Å²) in [5.41, 5.74) is 4.93. The summed E-state index contributed by atoms with van der Waals surface area (Å²) in [6.45, 7) is 12.8. The minimum atomic E-state index is -0.910. The summed E-state index contributed by atoms with van der Waals surface area (Å²) >= 11 is 0. The molecule has 0 aliphatic carbocycles. The number of amidine groups is 1. The van der Waals surface area contributed by atoms with E-state index >= 15 is 0 Å². The Bertz CT molecular complexity index is 328. The van der Waals surface area contributed by atoms with Gasteiger partial charge in [0, 0.05) is 6.54 Å². The fraction of sp³-hybridized carbons (Fsp3) is 0.857. The maximum absolute atomic E-state index is 12.4. The van der Waals surface area contributed by atoms with E-state index in [1.54, 1.807) is 0 Å². The second kappa shape index (κ2) is 6.78. The highest BCUT2D eigenvalue weighted by Gasteiger charge is 2.40. The van der Waals surface area contributed by atoms with E-state index in [-0.39, 0.29) is 17.2 Å². The molecule has 0 heterocycles. The first-order chi connectivity index (χ1) is 8.65. The Morgan fingerprint density at radius 3 is 2.11 bits per heavy atom. The number of carbonyl (C=O) groups excluding carboxylic acids is 1. The summed E-state index contributed by atoms with van der Waals surface area (Å²) in [5.74, 6) is 0.164. The Morgan fingerprint density at radius 2 is 1.79 bits per heavy atom. The standard InChI is InChI=1S/C14H29N3O2/c1-7-14(8-2,11(15)17-19)12(18)16-9-10(3)13(4,5)6/h10,19H,7-9H2,1-6H3,(H2,15,17)(H,16,18). The van der Waals surface area contributed by atoms with Gasteiger partial charge in [-0.2, -0.15) is 0 Å². The van der Waals surface area contributed by atoms with Crippen molar-refractivity contribution in [1.29, 1.82) is 0 Å². The molecule has 19 heavy (non-hydrogen) atoms. The highest BCUT2D eigenvalue weighted by molar-refractivity contribution is 6.06. The topological polar surface area (TPSA) is 87.7 Å². The Morgan fingerprint density at radius 1 is 1.32 bits per heavy atom. The van der Waals surface area contributed by atoms with E-state index in [2.05, 4.69) is 38.2 Å². The summed E-state index contributed by atoms with van der Waals surface area (Å²) in [6.07, 6.45) is 1.02. The molecule has 0 saturated carbocycles. The largest absolute Gasteiger partial charge is 0.409 e. The lowest BCUT2D eigenvalue weighted by Crippen LogP contribution is -2.50. The van der Waals surface area contributed by atoms with Crippen LogP contribution in [0.4, 0.5) is 0 Å². The van der Waals surface area contributed by atoms with Crippen LogP contribution in [0, 0.1) is 16.7 Å². The molecule has 0 aliphatic rings. The molecule has 0 saturated heterocycles. The number of rotatable bonds is 6. The first-order valence-corrected chi connectivity index (χ1v) is 6.92. The van der Waals surface area contributed by atoms with Crippen molar-refractivity contribution in [3.63, 3.8) is 0 Å².